The molecule has 0 radical (unpaired) electrons. The van der Waals surface area contributed by atoms with Gasteiger partial charge in [0.05, 0.1) is 11.5 Å². The van der Waals surface area contributed by atoms with Gasteiger partial charge in [0.1, 0.15) is 5.75 Å². The van der Waals surface area contributed by atoms with Crippen LogP contribution in [-0.2, 0) is 9.84 Å². The molecule has 9 heteroatoms. The Labute approximate surface area is 191 Å². The number of aromatic nitrogens is 1. The minimum atomic E-state index is -3.87. The van der Waals surface area contributed by atoms with Crippen LogP contribution in [0.4, 0.5) is 5.88 Å². The number of anilines is 1. The average molecular weight is 508 g/mol. The van der Waals surface area contributed by atoms with Crippen molar-refractivity contribution in [2.24, 2.45) is 0 Å². The highest BCUT2D eigenvalue weighted by molar-refractivity contribution is 9.10. The standard InChI is InChI=1S/C22H26BrN3O4S/c1-4-29-18-10-6-16(7-11-18)20-25-22(21(30-20)24-14-5-15-26(2)3)31(27,28)19-12-8-17(23)9-13-19/h6-13,24H,4-5,14-15H2,1-3H3. The summed E-state index contributed by atoms with van der Waals surface area (Å²) in [6.07, 6.45) is 0.823. The molecule has 0 amide bonds. The third kappa shape index (κ3) is 5.87. The summed E-state index contributed by atoms with van der Waals surface area (Å²) in [6, 6.07) is 13.6. The van der Waals surface area contributed by atoms with Gasteiger partial charge in [-0.15, -0.1) is 0 Å². The fourth-order valence-corrected chi connectivity index (χ4v) is 4.45. The van der Waals surface area contributed by atoms with Crippen LogP contribution in [0.3, 0.4) is 0 Å². The van der Waals surface area contributed by atoms with Crippen molar-refractivity contribution in [2.75, 3.05) is 39.1 Å². The molecule has 0 unspecified atom stereocenters. The lowest BCUT2D eigenvalue weighted by Crippen LogP contribution is -2.17. The van der Waals surface area contributed by atoms with Crippen LogP contribution in [0.15, 0.2) is 67.3 Å². The van der Waals surface area contributed by atoms with Gasteiger partial charge in [0.2, 0.25) is 26.6 Å². The number of nitrogens with zero attached hydrogens (tertiary/aromatic N) is 2. The van der Waals surface area contributed by atoms with Crippen molar-refractivity contribution >= 4 is 31.7 Å². The highest BCUT2D eigenvalue weighted by atomic mass is 79.9. The quantitative estimate of drug-likeness (QED) is 0.398. The number of hydrogen-bond acceptors (Lipinski definition) is 7. The van der Waals surface area contributed by atoms with Gasteiger partial charge in [-0.05, 0) is 82.5 Å². The molecule has 1 aromatic heterocycles. The van der Waals surface area contributed by atoms with Gasteiger partial charge in [0.25, 0.3) is 0 Å². The fraction of sp³-hybridized carbons (Fsp3) is 0.318. The summed E-state index contributed by atoms with van der Waals surface area (Å²) >= 11 is 3.33. The molecule has 31 heavy (non-hydrogen) atoms. The van der Waals surface area contributed by atoms with Crippen LogP contribution >= 0.6 is 15.9 Å². The van der Waals surface area contributed by atoms with Crippen LogP contribution in [0.25, 0.3) is 11.5 Å². The predicted octanol–water partition coefficient (Wildman–Crippen LogP) is 4.70. The van der Waals surface area contributed by atoms with Crippen LogP contribution < -0.4 is 10.1 Å². The molecule has 0 aliphatic rings. The van der Waals surface area contributed by atoms with E-state index in [-0.39, 0.29) is 21.7 Å². The lowest BCUT2D eigenvalue weighted by atomic mass is 10.2. The second kappa shape index (κ2) is 10.3. The van der Waals surface area contributed by atoms with Gasteiger partial charge in [-0.25, -0.2) is 8.42 Å². The zero-order valence-corrected chi connectivity index (χ0v) is 20.2. The van der Waals surface area contributed by atoms with Crippen LogP contribution in [0.5, 0.6) is 5.75 Å². The van der Waals surface area contributed by atoms with E-state index in [1.807, 2.05) is 21.0 Å². The Kier molecular flexibility index (Phi) is 7.74. The smallest absolute Gasteiger partial charge is 0.233 e. The maximum atomic E-state index is 13.3. The summed E-state index contributed by atoms with van der Waals surface area (Å²) in [5.41, 5.74) is 0.664. The average Bonchev–Trinajstić information content (AvgIpc) is 3.17. The van der Waals surface area contributed by atoms with E-state index in [1.165, 1.54) is 0 Å². The number of benzene rings is 2. The van der Waals surface area contributed by atoms with E-state index < -0.39 is 9.84 Å². The molecule has 166 valence electrons. The summed E-state index contributed by atoms with van der Waals surface area (Å²) in [5, 5.41) is 2.99. The van der Waals surface area contributed by atoms with Crippen molar-refractivity contribution in [3.8, 4) is 17.2 Å². The Hall–Kier alpha value is -2.36. The predicted molar refractivity (Wildman–Crippen MR) is 124 cm³/mol. The largest absolute Gasteiger partial charge is 0.494 e. The first-order chi connectivity index (χ1) is 14.8. The highest BCUT2D eigenvalue weighted by Gasteiger charge is 2.28. The first-order valence-electron chi connectivity index (χ1n) is 9.94. The second-order valence-electron chi connectivity index (χ2n) is 7.15. The van der Waals surface area contributed by atoms with E-state index in [0.717, 1.165) is 23.2 Å². The van der Waals surface area contributed by atoms with Crippen LogP contribution in [-0.4, -0.2) is 52.1 Å². The molecule has 3 aromatic rings. The molecule has 1 N–H and O–H groups in total. The molecule has 7 nitrogen and oxygen atoms in total. The first kappa shape index (κ1) is 23.3. The Bertz CT molecular complexity index is 1090. The zero-order valence-electron chi connectivity index (χ0n) is 17.8. The lowest BCUT2D eigenvalue weighted by Gasteiger charge is -2.10. The molecule has 0 bridgehead atoms. The topological polar surface area (TPSA) is 84.7 Å². The number of ether oxygens (including phenoxy) is 1. The number of nitrogens with one attached hydrogen (secondary N) is 1. The SMILES string of the molecule is CCOc1ccc(-c2nc(S(=O)(=O)c3ccc(Br)cc3)c(NCCCN(C)C)o2)cc1. The van der Waals surface area contributed by atoms with Crippen molar-refractivity contribution in [3.63, 3.8) is 0 Å². The van der Waals surface area contributed by atoms with Crippen molar-refractivity contribution in [1.82, 2.24) is 9.88 Å². The van der Waals surface area contributed by atoms with Gasteiger partial charge >= 0.3 is 0 Å². The summed E-state index contributed by atoms with van der Waals surface area (Å²) < 4.78 is 38.7. The molecular weight excluding hydrogens is 482 g/mol. The van der Waals surface area contributed by atoms with Gasteiger partial charge in [-0.1, -0.05) is 15.9 Å². The lowest BCUT2D eigenvalue weighted by molar-refractivity contribution is 0.340. The molecule has 1 heterocycles. The van der Waals surface area contributed by atoms with Gasteiger partial charge in [0.15, 0.2) is 0 Å². The molecule has 0 atom stereocenters. The Balaban J connectivity index is 1.96. The van der Waals surface area contributed by atoms with Gasteiger partial charge in [0, 0.05) is 16.6 Å². The number of rotatable bonds is 10. The molecule has 0 fully saturated rings. The van der Waals surface area contributed by atoms with E-state index in [0.29, 0.717) is 18.7 Å². The number of hydrogen-bond donors (Lipinski definition) is 1. The van der Waals surface area contributed by atoms with Gasteiger partial charge < -0.3 is 19.4 Å². The number of sulfone groups is 1. The van der Waals surface area contributed by atoms with Crippen molar-refractivity contribution < 1.29 is 17.6 Å². The second-order valence-corrected chi connectivity index (χ2v) is 9.93. The van der Waals surface area contributed by atoms with E-state index in [2.05, 4.69) is 31.1 Å². The normalized spacial score (nSPS) is 11.6. The van der Waals surface area contributed by atoms with Crippen molar-refractivity contribution in [1.29, 1.82) is 0 Å². The molecule has 0 aliphatic heterocycles. The molecular formula is C22H26BrN3O4S. The number of halogens is 1. The molecule has 0 spiro atoms. The summed E-state index contributed by atoms with van der Waals surface area (Å²) in [4.78, 5) is 6.57. The van der Waals surface area contributed by atoms with Gasteiger partial charge in [-0.3, -0.25) is 0 Å². The third-order valence-corrected chi connectivity index (χ3v) is 6.66. The highest BCUT2D eigenvalue weighted by Crippen LogP contribution is 2.33. The van der Waals surface area contributed by atoms with Crippen molar-refractivity contribution in [3.05, 3.63) is 53.0 Å². The Morgan fingerprint density at radius 2 is 1.77 bits per heavy atom. The van der Waals surface area contributed by atoms with E-state index >= 15 is 0 Å². The Morgan fingerprint density at radius 1 is 1.10 bits per heavy atom. The summed E-state index contributed by atoms with van der Waals surface area (Å²) in [7, 11) is 0.109. The molecule has 0 saturated carbocycles. The van der Waals surface area contributed by atoms with Crippen molar-refractivity contribution in [2.45, 2.75) is 23.3 Å². The Morgan fingerprint density at radius 3 is 2.39 bits per heavy atom. The minimum absolute atomic E-state index is 0.122. The van der Waals surface area contributed by atoms with Crippen LogP contribution in [0.2, 0.25) is 0 Å². The fourth-order valence-electron chi connectivity index (χ4n) is 2.91. The first-order valence-corrected chi connectivity index (χ1v) is 12.2. The summed E-state index contributed by atoms with van der Waals surface area (Å²) in [5.74, 6) is 1.10. The number of oxazole rings is 1. The van der Waals surface area contributed by atoms with E-state index in [4.69, 9.17) is 9.15 Å². The monoisotopic (exact) mass is 507 g/mol. The summed E-state index contributed by atoms with van der Waals surface area (Å²) in [6.45, 7) is 3.89. The minimum Gasteiger partial charge on any atom is -0.494 e. The van der Waals surface area contributed by atoms with Gasteiger partial charge in [-0.2, -0.15) is 4.98 Å². The van der Waals surface area contributed by atoms with Crippen LogP contribution in [0, 0.1) is 0 Å². The molecule has 3 rings (SSSR count). The molecule has 0 aliphatic carbocycles. The molecule has 2 aromatic carbocycles. The maximum absolute atomic E-state index is 13.3. The third-order valence-electron chi connectivity index (χ3n) is 4.45. The maximum Gasteiger partial charge on any atom is 0.233 e. The zero-order chi connectivity index (χ0) is 22.4. The van der Waals surface area contributed by atoms with Crippen LogP contribution in [0.1, 0.15) is 13.3 Å². The van der Waals surface area contributed by atoms with E-state index in [9.17, 15) is 8.42 Å². The van der Waals surface area contributed by atoms with E-state index in [1.54, 1.807) is 48.5 Å². The molecule has 0 saturated heterocycles.